The normalized spacial score (nSPS) is 24.0. The van der Waals surface area contributed by atoms with Crippen molar-refractivity contribution in [1.29, 1.82) is 0 Å². The summed E-state index contributed by atoms with van der Waals surface area (Å²) in [6, 6.07) is 7.77. The van der Waals surface area contributed by atoms with E-state index in [1.165, 1.54) is 12.1 Å². The number of aromatic nitrogens is 4. The highest BCUT2D eigenvalue weighted by atomic mass is 19.1. The minimum absolute atomic E-state index is 0.0259. The number of primary amides is 1. The predicted molar refractivity (Wildman–Crippen MR) is 152 cm³/mol. The van der Waals surface area contributed by atoms with Gasteiger partial charge in [-0.2, -0.15) is 0 Å². The third-order valence-corrected chi connectivity index (χ3v) is 8.25. The van der Waals surface area contributed by atoms with Crippen molar-refractivity contribution in [2.45, 2.75) is 50.9 Å². The molecule has 1 saturated carbocycles. The number of hydrogen-bond donors (Lipinski definition) is 2. The lowest BCUT2D eigenvalue weighted by Gasteiger charge is -2.39. The first kappa shape index (κ1) is 29.1. The lowest BCUT2D eigenvalue weighted by molar-refractivity contribution is -0.243. The van der Waals surface area contributed by atoms with Crippen LogP contribution >= 0.6 is 0 Å². The van der Waals surface area contributed by atoms with E-state index < -0.39 is 29.2 Å². The van der Waals surface area contributed by atoms with E-state index in [2.05, 4.69) is 9.97 Å². The maximum atomic E-state index is 13.8. The van der Waals surface area contributed by atoms with Crippen molar-refractivity contribution in [2.75, 3.05) is 44.4 Å². The van der Waals surface area contributed by atoms with Crippen LogP contribution in [-0.4, -0.2) is 76.9 Å². The largest absolute Gasteiger partial charge is 0.448 e. The highest BCUT2D eigenvalue weighted by molar-refractivity contribution is 5.88. The summed E-state index contributed by atoms with van der Waals surface area (Å²) in [7, 11) is 0. The Bertz CT molecular complexity index is 1460. The molecular weight excluding hydrogens is 559 g/mol. The molecule has 2 aliphatic heterocycles. The van der Waals surface area contributed by atoms with Crippen LogP contribution in [0.4, 0.5) is 10.3 Å². The van der Waals surface area contributed by atoms with Crippen LogP contribution in [0.5, 0.6) is 0 Å². The molecule has 0 radical (unpaired) electrons. The van der Waals surface area contributed by atoms with E-state index in [4.69, 9.17) is 34.6 Å². The Kier molecular flexibility index (Phi) is 8.12. The lowest BCUT2D eigenvalue weighted by Crippen LogP contribution is -2.53. The first-order valence-electron chi connectivity index (χ1n) is 14.5. The fourth-order valence-corrected chi connectivity index (χ4v) is 5.62. The number of halogens is 1. The van der Waals surface area contributed by atoms with Gasteiger partial charge in [0.25, 0.3) is 5.91 Å². The molecule has 0 atom stereocenters. The zero-order valence-electron chi connectivity index (χ0n) is 24.0. The summed E-state index contributed by atoms with van der Waals surface area (Å²) in [6.45, 7) is 4.16. The number of nitrogens with zero attached hydrogens (tertiary/aromatic N) is 4. The first-order chi connectivity index (χ1) is 20.8. The van der Waals surface area contributed by atoms with Gasteiger partial charge in [-0.15, -0.1) is 0 Å². The maximum absolute atomic E-state index is 13.8. The van der Waals surface area contributed by atoms with Gasteiger partial charge < -0.3 is 34.6 Å². The van der Waals surface area contributed by atoms with Crippen LogP contribution in [0.1, 0.15) is 51.1 Å². The molecule has 0 bridgehead atoms. The molecular formula is C30H35FN6O6. The van der Waals surface area contributed by atoms with Gasteiger partial charge >= 0.3 is 5.97 Å². The number of nitrogens with two attached hydrogens (primary N) is 1. The van der Waals surface area contributed by atoms with Crippen molar-refractivity contribution in [2.24, 2.45) is 11.1 Å². The number of aromatic amines is 1. The Hall–Kier alpha value is -3.94. The molecule has 2 saturated heterocycles. The number of benzene rings is 1. The Labute approximate surface area is 248 Å². The van der Waals surface area contributed by atoms with E-state index in [9.17, 15) is 14.0 Å². The number of anilines is 1. The molecule has 6 rings (SSSR count). The number of nitrogens with one attached hydrogen (secondary N) is 1. The van der Waals surface area contributed by atoms with Crippen LogP contribution < -0.4 is 10.6 Å². The monoisotopic (exact) mass is 594 g/mol. The van der Waals surface area contributed by atoms with E-state index in [1.807, 2.05) is 4.90 Å². The predicted octanol–water partition coefficient (Wildman–Crippen LogP) is 3.29. The Morgan fingerprint density at radius 2 is 1.74 bits per heavy atom. The van der Waals surface area contributed by atoms with Crippen molar-refractivity contribution < 1.29 is 32.9 Å². The van der Waals surface area contributed by atoms with Crippen LogP contribution in [-0.2, 0) is 28.5 Å². The molecule has 2 aromatic heterocycles. The van der Waals surface area contributed by atoms with Gasteiger partial charge in [0, 0.05) is 24.8 Å². The molecule has 3 fully saturated rings. The number of esters is 1. The van der Waals surface area contributed by atoms with Crippen molar-refractivity contribution in [1.82, 2.24) is 19.9 Å². The summed E-state index contributed by atoms with van der Waals surface area (Å²) in [5.74, 6) is -0.660. The molecule has 228 valence electrons. The summed E-state index contributed by atoms with van der Waals surface area (Å²) >= 11 is 0. The number of imidazole rings is 1. The van der Waals surface area contributed by atoms with Crippen LogP contribution in [0.25, 0.3) is 22.6 Å². The molecule has 3 N–H and O–H groups in total. The Morgan fingerprint density at radius 3 is 2.42 bits per heavy atom. The quantitative estimate of drug-likeness (QED) is 0.389. The van der Waals surface area contributed by atoms with Crippen molar-refractivity contribution >= 4 is 17.8 Å². The molecule has 4 heterocycles. The first-order valence-corrected chi connectivity index (χ1v) is 14.5. The summed E-state index contributed by atoms with van der Waals surface area (Å²) in [5.41, 5.74) is 5.58. The SMILES string of the molecule is CC1(C(=O)OC2(C(N)=O)CCCCC2)COC(c2nc(-c3ccc(F)cc3)c(-c3ccnc(N4CCOCC4)n3)[nH]2)OC1. The third-order valence-electron chi connectivity index (χ3n) is 8.25. The fraction of sp³-hybridized carbons (Fsp3) is 0.500. The summed E-state index contributed by atoms with van der Waals surface area (Å²) in [6.07, 6.45) is 4.07. The van der Waals surface area contributed by atoms with E-state index >= 15 is 0 Å². The number of H-pyrrole nitrogens is 1. The van der Waals surface area contributed by atoms with Gasteiger partial charge in [0.2, 0.25) is 12.2 Å². The second kappa shape index (κ2) is 12.0. The average molecular weight is 595 g/mol. The van der Waals surface area contributed by atoms with Gasteiger partial charge in [-0.3, -0.25) is 9.59 Å². The number of hydrogen-bond acceptors (Lipinski definition) is 10. The number of morpholine rings is 1. The molecule has 43 heavy (non-hydrogen) atoms. The molecule has 1 aliphatic carbocycles. The van der Waals surface area contributed by atoms with Crippen LogP contribution in [0.15, 0.2) is 36.5 Å². The molecule has 3 aromatic rings. The minimum Gasteiger partial charge on any atom is -0.448 e. The fourth-order valence-electron chi connectivity index (χ4n) is 5.62. The molecule has 0 unspecified atom stereocenters. The van der Waals surface area contributed by atoms with Gasteiger partial charge in [0.05, 0.1) is 43.5 Å². The van der Waals surface area contributed by atoms with Gasteiger partial charge in [-0.05, 0) is 62.9 Å². The molecule has 3 aliphatic rings. The zero-order valence-corrected chi connectivity index (χ0v) is 24.0. The number of amides is 1. The van der Waals surface area contributed by atoms with Crippen LogP contribution in [0.3, 0.4) is 0 Å². The third kappa shape index (κ3) is 5.97. The summed E-state index contributed by atoms with van der Waals surface area (Å²) < 4.78 is 37.0. The van der Waals surface area contributed by atoms with Crippen molar-refractivity contribution in [3.63, 3.8) is 0 Å². The Morgan fingerprint density at radius 1 is 1.05 bits per heavy atom. The Balaban J connectivity index is 1.24. The number of rotatable bonds is 7. The standard InChI is InChI=1S/C30H35FN6O6/c1-29(27(39)43-30(26(32)38)10-3-2-4-11-30)17-41-25(42-18-29)24-35-22(19-5-7-20(31)8-6-19)23(36-24)21-9-12-33-28(34-21)37-13-15-40-16-14-37/h5-9,12,25H,2-4,10-11,13-18H2,1H3,(H2,32,38)(H,35,36). The highest BCUT2D eigenvalue weighted by Crippen LogP contribution is 2.39. The number of carbonyl (C=O) groups is 2. The zero-order chi connectivity index (χ0) is 30.0. The maximum Gasteiger partial charge on any atom is 0.317 e. The van der Waals surface area contributed by atoms with Gasteiger partial charge in [0.1, 0.15) is 11.2 Å². The molecule has 12 nitrogen and oxygen atoms in total. The molecule has 1 amide bonds. The molecule has 1 aromatic carbocycles. The highest BCUT2D eigenvalue weighted by Gasteiger charge is 2.48. The van der Waals surface area contributed by atoms with Gasteiger partial charge in [-0.1, -0.05) is 6.42 Å². The second-order valence-electron chi connectivity index (χ2n) is 11.5. The van der Waals surface area contributed by atoms with E-state index in [-0.39, 0.29) is 19.0 Å². The average Bonchev–Trinajstić information content (AvgIpc) is 3.48. The lowest BCUT2D eigenvalue weighted by atomic mass is 9.83. The summed E-state index contributed by atoms with van der Waals surface area (Å²) in [5, 5.41) is 0. The topological polar surface area (TPSA) is 155 Å². The van der Waals surface area contributed by atoms with Crippen LogP contribution in [0, 0.1) is 11.2 Å². The van der Waals surface area contributed by atoms with Gasteiger partial charge in [-0.25, -0.2) is 19.3 Å². The number of ether oxygens (including phenoxy) is 4. The van der Waals surface area contributed by atoms with E-state index in [0.29, 0.717) is 73.6 Å². The van der Waals surface area contributed by atoms with Crippen LogP contribution in [0.2, 0.25) is 0 Å². The van der Waals surface area contributed by atoms with Crippen molar-refractivity contribution in [3.8, 4) is 22.6 Å². The minimum atomic E-state index is -1.30. The van der Waals surface area contributed by atoms with Crippen molar-refractivity contribution in [3.05, 3.63) is 48.2 Å². The number of carbonyl (C=O) groups excluding carboxylic acids is 2. The summed E-state index contributed by atoms with van der Waals surface area (Å²) in [4.78, 5) is 44.9. The molecule has 0 spiro atoms. The van der Waals surface area contributed by atoms with E-state index in [1.54, 1.807) is 31.3 Å². The van der Waals surface area contributed by atoms with Gasteiger partial charge in [0.15, 0.2) is 11.4 Å². The second-order valence-corrected chi connectivity index (χ2v) is 11.5. The molecule has 13 heteroatoms. The smallest absolute Gasteiger partial charge is 0.317 e. The van der Waals surface area contributed by atoms with E-state index in [0.717, 1.165) is 19.3 Å².